The molecule has 0 N–H and O–H groups in total. The summed E-state index contributed by atoms with van der Waals surface area (Å²) in [5.74, 6) is 1.27. The van der Waals surface area contributed by atoms with Crippen molar-refractivity contribution in [2.45, 2.75) is 6.92 Å². The van der Waals surface area contributed by atoms with Crippen molar-refractivity contribution in [1.29, 1.82) is 0 Å². The van der Waals surface area contributed by atoms with Crippen LogP contribution in [-0.4, -0.2) is 24.1 Å². The molecule has 0 saturated carbocycles. The van der Waals surface area contributed by atoms with Gasteiger partial charge >= 0.3 is 0 Å². The Morgan fingerprint density at radius 2 is 1.89 bits per heavy atom. The zero-order chi connectivity index (χ0) is 18.6. The van der Waals surface area contributed by atoms with E-state index in [0.717, 1.165) is 22.7 Å². The van der Waals surface area contributed by atoms with E-state index in [1.165, 1.54) is 11.3 Å². The quantitative estimate of drug-likeness (QED) is 0.623. The number of carbonyl (C=O) groups excluding carboxylic acids is 1. The molecular weight excluding hydrogens is 360 g/mol. The van der Waals surface area contributed by atoms with Crippen LogP contribution in [0.25, 0.3) is 6.08 Å². The van der Waals surface area contributed by atoms with E-state index >= 15 is 0 Å². The largest absolute Gasteiger partial charge is 0.486 e. The Bertz CT molecular complexity index is 982. The molecule has 0 saturated heterocycles. The highest BCUT2D eigenvalue weighted by atomic mass is 32.1. The lowest BCUT2D eigenvalue weighted by atomic mass is 10.1. The van der Waals surface area contributed by atoms with Crippen molar-refractivity contribution in [3.8, 4) is 11.5 Å². The van der Waals surface area contributed by atoms with Gasteiger partial charge in [-0.1, -0.05) is 24.3 Å². The number of thiazole rings is 1. The minimum atomic E-state index is -0.162. The maximum atomic E-state index is 13.0. The lowest BCUT2D eigenvalue weighted by Gasteiger charge is -2.19. The second kappa shape index (κ2) is 7.63. The van der Waals surface area contributed by atoms with Gasteiger partial charge in [-0.05, 0) is 42.8 Å². The fourth-order valence-electron chi connectivity index (χ4n) is 2.76. The molecule has 0 bridgehead atoms. The Morgan fingerprint density at radius 3 is 2.63 bits per heavy atom. The maximum absolute atomic E-state index is 13.0. The van der Waals surface area contributed by atoms with Crippen molar-refractivity contribution >= 4 is 34.1 Å². The highest BCUT2D eigenvalue weighted by molar-refractivity contribution is 7.14. The summed E-state index contributed by atoms with van der Waals surface area (Å²) in [5, 5.41) is 2.58. The van der Waals surface area contributed by atoms with E-state index in [2.05, 4.69) is 4.98 Å². The van der Waals surface area contributed by atoms with Gasteiger partial charge in [0.25, 0.3) is 5.91 Å². The predicted molar refractivity (Wildman–Crippen MR) is 107 cm³/mol. The third-order valence-corrected chi connectivity index (χ3v) is 4.96. The van der Waals surface area contributed by atoms with E-state index in [4.69, 9.17) is 9.47 Å². The summed E-state index contributed by atoms with van der Waals surface area (Å²) < 4.78 is 11.1. The molecule has 0 unspecified atom stereocenters. The number of aromatic nitrogens is 1. The van der Waals surface area contributed by atoms with Crippen LogP contribution in [0.4, 0.5) is 10.8 Å². The lowest BCUT2D eigenvalue weighted by Crippen LogP contribution is -2.23. The molecule has 27 heavy (non-hydrogen) atoms. The molecule has 2 aromatic carbocycles. The van der Waals surface area contributed by atoms with E-state index in [0.29, 0.717) is 24.1 Å². The van der Waals surface area contributed by atoms with Crippen molar-refractivity contribution < 1.29 is 14.3 Å². The van der Waals surface area contributed by atoms with Crippen molar-refractivity contribution in [3.05, 3.63) is 71.2 Å². The Balaban J connectivity index is 1.61. The van der Waals surface area contributed by atoms with E-state index in [9.17, 15) is 4.79 Å². The molecule has 1 amide bonds. The average Bonchev–Trinajstić information content (AvgIpc) is 3.13. The minimum absolute atomic E-state index is 0.162. The maximum Gasteiger partial charge on any atom is 0.257 e. The van der Waals surface area contributed by atoms with Gasteiger partial charge in [0, 0.05) is 11.5 Å². The SMILES string of the molecule is Cc1csc(N(C(=O)C=Cc2ccc3c(c2)OCCO3)c2ccccc2)n1. The number of para-hydroxylation sites is 1. The van der Waals surface area contributed by atoms with Gasteiger partial charge < -0.3 is 9.47 Å². The van der Waals surface area contributed by atoms with Gasteiger partial charge in [0.15, 0.2) is 16.6 Å². The highest BCUT2D eigenvalue weighted by Gasteiger charge is 2.19. The molecule has 0 atom stereocenters. The number of benzene rings is 2. The van der Waals surface area contributed by atoms with Crippen molar-refractivity contribution in [2.24, 2.45) is 0 Å². The first kappa shape index (κ1) is 17.3. The van der Waals surface area contributed by atoms with Crippen LogP contribution in [0.3, 0.4) is 0 Å². The summed E-state index contributed by atoms with van der Waals surface area (Å²) in [6, 6.07) is 15.2. The summed E-state index contributed by atoms with van der Waals surface area (Å²) in [5.41, 5.74) is 2.54. The number of amides is 1. The number of fused-ring (bicyclic) bond motifs is 1. The van der Waals surface area contributed by atoms with E-state index in [-0.39, 0.29) is 5.91 Å². The Hall–Kier alpha value is -3.12. The van der Waals surface area contributed by atoms with Gasteiger partial charge in [0.2, 0.25) is 0 Å². The van der Waals surface area contributed by atoms with Gasteiger partial charge in [-0.25, -0.2) is 4.98 Å². The molecule has 1 aromatic heterocycles. The van der Waals surface area contributed by atoms with Crippen LogP contribution in [-0.2, 0) is 4.79 Å². The summed E-state index contributed by atoms with van der Waals surface area (Å²) in [4.78, 5) is 19.1. The molecular formula is C21H18N2O3S. The number of aryl methyl sites for hydroxylation is 1. The third kappa shape index (κ3) is 3.85. The molecule has 1 aliphatic heterocycles. The lowest BCUT2D eigenvalue weighted by molar-refractivity contribution is -0.113. The summed E-state index contributed by atoms with van der Waals surface area (Å²) in [6.07, 6.45) is 3.33. The van der Waals surface area contributed by atoms with Crippen LogP contribution >= 0.6 is 11.3 Å². The van der Waals surface area contributed by atoms with Crippen LogP contribution < -0.4 is 14.4 Å². The monoisotopic (exact) mass is 378 g/mol. The van der Waals surface area contributed by atoms with Crippen LogP contribution in [0, 0.1) is 6.92 Å². The van der Waals surface area contributed by atoms with Crippen molar-refractivity contribution in [3.63, 3.8) is 0 Å². The molecule has 5 nitrogen and oxygen atoms in total. The molecule has 0 spiro atoms. The normalized spacial score (nSPS) is 12.9. The zero-order valence-corrected chi connectivity index (χ0v) is 15.6. The fraction of sp³-hybridized carbons (Fsp3) is 0.143. The molecule has 4 rings (SSSR count). The van der Waals surface area contributed by atoms with Gasteiger partial charge in [0.1, 0.15) is 13.2 Å². The van der Waals surface area contributed by atoms with Gasteiger partial charge in [0.05, 0.1) is 11.4 Å². The summed E-state index contributed by atoms with van der Waals surface area (Å²) in [6.45, 7) is 3.00. The standard InChI is InChI=1S/C21H18N2O3S/c1-15-14-27-21(22-15)23(17-5-3-2-4-6-17)20(24)10-8-16-7-9-18-19(13-16)26-12-11-25-18/h2-10,13-14H,11-12H2,1H3. The third-order valence-electron chi connectivity index (χ3n) is 4.02. The Morgan fingerprint density at radius 1 is 1.11 bits per heavy atom. The van der Waals surface area contributed by atoms with Crippen LogP contribution in [0.1, 0.15) is 11.3 Å². The molecule has 0 aliphatic carbocycles. The van der Waals surface area contributed by atoms with Gasteiger partial charge in [-0.15, -0.1) is 11.3 Å². The second-order valence-corrected chi connectivity index (χ2v) is 6.85. The fourth-order valence-corrected chi connectivity index (χ4v) is 3.59. The molecule has 136 valence electrons. The minimum Gasteiger partial charge on any atom is -0.486 e. The smallest absolute Gasteiger partial charge is 0.257 e. The molecule has 3 aromatic rings. The molecule has 0 radical (unpaired) electrons. The summed E-state index contributed by atoms with van der Waals surface area (Å²) >= 11 is 1.44. The van der Waals surface area contributed by atoms with Crippen molar-refractivity contribution in [1.82, 2.24) is 4.98 Å². The highest BCUT2D eigenvalue weighted by Crippen LogP contribution is 2.32. The van der Waals surface area contributed by atoms with Crippen LogP contribution in [0.5, 0.6) is 11.5 Å². The van der Waals surface area contributed by atoms with Gasteiger partial charge in [-0.3, -0.25) is 9.69 Å². The number of rotatable bonds is 4. The number of hydrogen-bond donors (Lipinski definition) is 0. The van der Waals surface area contributed by atoms with Gasteiger partial charge in [-0.2, -0.15) is 0 Å². The van der Waals surface area contributed by atoms with E-state index < -0.39 is 0 Å². The number of ether oxygens (including phenoxy) is 2. The Labute approximate surface area is 161 Å². The molecule has 2 heterocycles. The number of hydrogen-bond acceptors (Lipinski definition) is 5. The number of nitrogens with zero attached hydrogens (tertiary/aromatic N) is 2. The number of anilines is 2. The molecule has 0 fully saturated rings. The number of carbonyl (C=O) groups is 1. The molecule has 1 aliphatic rings. The molecule has 6 heteroatoms. The first-order valence-corrected chi connectivity index (χ1v) is 9.48. The van der Waals surface area contributed by atoms with E-state index in [1.807, 2.05) is 60.8 Å². The first-order valence-electron chi connectivity index (χ1n) is 8.60. The first-order chi connectivity index (χ1) is 13.2. The topological polar surface area (TPSA) is 51.7 Å². The zero-order valence-electron chi connectivity index (χ0n) is 14.8. The average molecular weight is 378 g/mol. The van der Waals surface area contributed by atoms with E-state index in [1.54, 1.807) is 17.1 Å². The predicted octanol–water partition coefficient (Wildman–Crippen LogP) is 4.60. The Kier molecular flexibility index (Phi) is 4.89. The second-order valence-electron chi connectivity index (χ2n) is 6.02. The van der Waals surface area contributed by atoms with Crippen LogP contribution in [0.15, 0.2) is 60.0 Å². The van der Waals surface area contributed by atoms with Crippen molar-refractivity contribution in [2.75, 3.05) is 18.1 Å². The van der Waals surface area contributed by atoms with Crippen LogP contribution in [0.2, 0.25) is 0 Å². The summed E-state index contributed by atoms with van der Waals surface area (Å²) in [7, 11) is 0.